The van der Waals surface area contributed by atoms with E-state index in [-0.39, 0.29) is 29.1 Å². The topological polar surface area (TPSA) is 117 Å². The molecule has 0 saturated carbocycles. The number of hydrogen-bond acceptors (Lipinski definition) is 6. The lowest BCUT2D eigenvalue weighted by Gasteiger charge is -2.26. The number of fused-ring (bicyclic) bond motifs is 1. The molecule has 14 heteroatoms. The molecular weight excluding hydrogens is 656 g/mol. The van der Waals surface area contributed by atoms with E-state index in [9.17, 15) is 27.6 Å². The lowest BCUT2D eigenvalue weighted by Crippen LogP contribution is -2.38. The minimum Gasteiger partial charge on any atom is -0.379 e. The molecule has 1 saturated heterocycles. The van der Waals surface area contributed by atoms with Crippen molar-refractivity contribution in [2.45, 2.75) is 13.0 Å². The van der Waals surface area contributed by atoms with Gasteiger partial charge in [-0.15, -0.1) is 0 Å². The Labute approximate surface area is 284 Å². The predicted octanol–water partition coefficient (Wildman–Crippen LogP) is 5.19. The van der Waals surface area contributed by atoms with Crippen molar-refractivity contribution in [3.05, 3.63) is 125 Å². The molecule has 0 spiro atoms. The summed E-state index contributed by atoms with van der Waals surface area (Å²) in [5.41, 5.74) is 1.49. The van der Waals surface area contributed by atoms with Gasteiger partial charge in [0.1, 0.15) is 23.0 Å². The predicted molar refractivity (Wildman–Crippen MR) is 177 cm³/mol. The molecule has 5 aromatic rings. The Morgan fingerprint density at radius 3 is 2.32 bits per heavy atom. The van der Waals surface area contributed by atoms with Crippen molar-refractivity contribution in [1.29, 1.82) is 0 Å². The number of hydrogen-bond donors (Lipinski definition) is 3. The van der Waals surface area contributed by atoms with E-state index in [1.54, 1.807) is 24.4 Å². The minimum atomic E-state index is -1.05. The summed E-state index contributed by atoms with van der Waals surface area (Å²) in [6, 6.07) is 14.2. The van der Waals surface area contributed by atoms with Crippen LogP contribution in [-0.2, 0) is 11.3 Å². The molecule has 1 aliphatic heterocycles. The van der Waals surface area contributed by atoms with Crippen LogP contribution < -0.4 is 16.0 Å². The van der Waals surface area contributed by atoms with Gasteiger partial charge in [-0.3, -0.25) is 23.7 Å². The molecule has 0 unspecified atom stereocenters. The molecule has 3 aromatic carbocycles. The summed E-state index contributed by atoms with van der Waals surface area (Å²) >= 11 is 0. The van der Waals surface area contributed by atoms with Crippen molar-refractivity contribution < 1.29 is 36.7 Å². The van der Waals surface area contributed by atoms with E-state index in [4.69, 9.17) is 4.74 Å². The van der Waals surface area contributed by atoms with Crippen molar-refractivity contribution in [2.24, 2.45) is 0 Å². The van der Waals surface area contributed by atoms with Gasteiger partial charge in [-0.05, 0) is 84.3 Å². The van der Waals surface area contributed by atoms with Crippen LogP contribution in [0.1, 0.15) is 43.2 Å². The van der Waals surface area contributed by atoms with Gasteiger partial charge in [-0.2, -0.15) is 0 Å². The van der Waals surface area contributed by atoms with Crippen LogP contribution in [0.2, 0.25) is 0 Å². The lowest BCUT2D eigenvalue weighted by atomic mass is 10.0. The number of amides is 3. The first-order valence-electron chi connectivity index (χ1n) is 15.8. The van der Waals surface area contributed by atoms with E-state index in [2.05, 4.69) is 25.8 Å². The third-order valence-corrected chi connectivity index (χ3v) is 8.25. The number of ether oxygens (including phenoxy) is 1. The molecule has 50 heavy (non-hydrogen) atoms. The summed E-state index contributed by atoms with van der Waals surface area (Å²) in [6.07, 6.45) is 3.58. The van der Waals surface area contributed by atoms with Gasteiger partial charge in [0, 0.05) is 37.9 Å². The summed E-state index contributed by atoms with van der Waals surface area (Å²) in [7, 11) is 0. The number of pyridine rings is 1. The van der Waals surface area contributed by atoms with Crippen molar-refractivity contribution in [3.8, 4) is 11.1 Å². The second-order valence-electron chi connectivity index (χ2n) is 11.6. The number of anilines is 1. The van der Waals surface area contributed by atoms with Crippen molar-refractivity contribution in [2.75, 3.05) is 44.7 Å². The minimum absolute atomic E-state index is 0.0200. The molecular formula is C36H32F4N6O4. The first-order chi connectivity index (χ1) is 24.2. The Bertz CT molecular complexity index is 2060. The maximum absolute atomic E-state index is 15.0. The smallest absolute Gasteiger partial charge is 0.274 e. The molecule has 0 radical (unpaired) electrons. The zero-order valence-corrected chi connectivity index (χ0v) is 26.6. The first kappa shape index (κ1) is 34.3. The standard InChI is InChI=1S/C36H32F4N6O4/c37-27-6-2-22(16-30(27)40)20-43-34(47)25-4-7-28(38)31(18-25)44-36(49)32-21-42-33-19-24(8-11-46(32)33)23-3-5-26(29(39)17-23)35(48)41-9-1-10-45-12-14-50-15-13-45/h2-8,11,16-19,21H,1,9-10,12-15,20H2,(H,41,48)(H,43,47)(H,44,49). The Kier molecular flexibility index (Phi) is 10.5. The second kappa shape index (κ2) is 15.3. The highest BCUT2D eigenvalue weighted by Crippen LogP contribution is 2.25. The third-order valence-electron chi connectivity index (χ3n) is 8.25. The van der Waals surface area contributed by atoms with Crippen LogP contribution >= 0.6 is 0 Å². The average molecular weight is 689 g/mol. The van der Waals surface area contributed by atoms with Gasteiger partial charge < -0.3 is 20.7 Å². The lowest BCUT2D eigenvalue weighted by molar-refractivity contribution is 0.0374. The molecule has 1 aliphatic rings. The summed E-state index contributed by atoms with van der Waals surface area (Å²) in [5, 5.41) is 7.76. The number of benzene rings is 3. The van der Waals surface area contributed by atoms with E-state index < -0.39 is 41.0 Å². The zero-order chi connectivity index (χ0) is 35.2. The number of carbonyl (C=O) groups is 3. The van der Waals surface area contributed by atoms with Crippen LogP contribution in [0, 0.1) is 23.3 Å². The Balaban J connectivity index is 1.08. The largest absolute Gasteiger partial charge is 0.379 e. The molecule has 0 aliphatic carbocycles. The van der Waals surface area contributed by atoms with Crippen molar-refractivity contribution in [1.82, 2.24) is 24.9 Å². The second-order valence-corrected chi connectivity index (χ2v) is 11.6. The highest BCUT2D eigenvalue weighted by atomic mass is 19.2. The van der Waals surface area contributed by atoms with Crippen LogP contribution in [0.4, 0.5) is 23.2 Å². The zero-order valence-electron chi connectivity index (χ0n) is 26.6. The SMILES string of the molecule is O=C(NCc1ccc(F)c(F)c1)c1ccc(F)c(NC(=O)c2cnc3cc(-c4ccc(C(=O)NCCCN5CCOCC5)c(F)c4)ccn23)c1. The first-order valence-corrected chi connectivity index (χ1v) is 15.8. The molecule has 2 aromatic heterocycles. The number of nitrogens with zero attached hydrogens (tertiary/aromatic N) is 3. The van der Waals surface area contributed by atoms with Crippen LogP contribution in [0.3, 0.4) is 0 Å². The highest BCUT2D eigenvalue weighted by molar-refractivity contribution is 6.04. The number of halogens is 4. The molecule has 3 amide bonds. The third kappa shape index (κ3) is 7.98. The van der Waals surface area contributed by atoms with Crippen molar-refractivity contribution >= 4 is 29.1 Å². The summed E-state index contributed by atoms with van der Waals surface area (Å²) < 4.78 is 63.2. The normalized spacial score (nSPS) is 13.3. The molecule has 3 heterocycles. The fourth-order valence-corrected chi connectivity index (χ4v) is 5.51. The van der Waals surface area contributed by atoms with Gasteiger partial charge in [-0.25, -0.2) is 22.5 Å². The van der Waals surface area contributed by atoms with E-state index in [1.807, 2.05) is 0 Å². The van der Waals surface area contributed by atoms with E-state index in [1.165, 1.54) is 34.9 Å². The van der Waals surface area contributed by atoms with Gasteiger partial charge in [0.05, 0.1) is 30.7 Å². The number of aromatic nitrogens is 2. The van der Waals surface area contributed by atoms with Gasteiger partial charge in [0.25, 0.3) is 17.7 Å². The fraction of sp³-hybridized carbons (Fsp3) is 0.222. The van der Waals surface area contributed by atoms with Crippen molar-refractivity contribution in [3.63, 3.8) is 0 Å². The summed E-state index contributed by atoms with van der Waals surface area (Å²) in [5.74, 6) is -5.38. The van der Waals surface area contributed by atoms with Crippen LogP contribution in [-0.4, -0.2) is 71.4 Å². The highest BCUT2D eigenvalue weighted by Gasteiger charge is 2.18. The molecule has 258 valence electrons. The Hall–Kier alpha value is -5.60. The maximum Gasteiger partial charge on any atom is 0.274 e. The van der Waals surface area contributed by atoms with Gasteiger partial charge in [-0.1, -0.05) is 12.1 Å². The van der Waals surface area contributed by atoms with E-state index in [0.29, 0.717) is 42.1 Å². The molecule has 3 N–H and O–H groups in total. The number of imidazole rings is 1. The quantitative estimate of drug-likeness (QED) is 0.130. The van der Waals surface area contributed by atoms with Crippen LogP contribution in [0.15, 0.2) is 79.1 Å². The molecule has 0 atom stereocenters. The Morgan fingerprint density at radius 2 is 1.54 bits per heavy atom. The van der Waals surface area contributed by atoms with Gasteiger partial charge in [0.2, 0.25) is 0 Å². The Morgan fingerprint density at radius 1 is 0.760 bits per heavy atom. The number of rotatable bonds is 11. The molecule has 1 fully saturated rings. The van der Waals surface area contributed by atoms with E-state index in [0.717, 1.165) is 50.3 Å². The number of morpholine rings is 1. The van der Waals surface area contributed by atoms with Crippen LogP contribution in [0.5, 0.6) is 0 Å². The van der Waals surface area contributed by atoms with Gasteiger partial charge in [0.15, 0.2) is 11.6 Å². The molecule has 0 bridgehead atoms. The average Bonchev–Trinajstić information content (AvgIpc) is 3.55. The fourth-order valence-electron chi connectivity index (χ4n) is 5.51. The monoisotopic (exact) mass is 688 g/mol. The molecule has 6 rings (SSSR count). The van der Waals surface area contributed by atoms with E-state index >= 15 is 4.39 Å². The summed E-state index contributed by atoms with van der Waals surface area (Å²) in [4.78, 5) is 45.0. The van der Waals surface area contributed by atoms with Gasteiger partial charge >= 0.3 is 0 Å². The number of carbonyl (C=O) groups excluding carboxylic acids is 3. The number of nitrogens with one attached hydrogen (secondary N) is 3. The summed E-state index contributed by atoms with van der Waals surface area (Å²) in [6.45, 7) is 4.23. The maximum atomic E-state index is 15.0. The van der Waals surface area contributed by atoms with Crippen LogP contribution in [0.25, 0.3) is 16.8 Å². The molecule has 10 nitrogen and oxygen atoms in total.